The second kappa shape index (κ2) is 20.4. The average Bonchev–Trinajstić information content (AvgIpc) is 4.06. The van der Waals surface area contributed by atoms with E-state index in [4.69, 9.17) is 14.8 Å². The first kappa shape index (κ1) is 46.5. The molecule has 69 heavy (non-hydrogen) atoms. The van der Waals surface area contributed by atoms with E-state index >= 15 is 4.39 Å². The number of halogens is 1. The molecule has 10 rings (SSSR count). The van der Waals surface area contributed by atoms with Crippen LogP contribution in [-0.4, -0.2) is 105 Å². The minimum absolute atomic E-state index is 0.172. The summed E-state index contributed by atoms with van der Waals surface area (Å²) in [5.74, 6) is 1.03. The van der Waals surface area contributed by atoms with Crippen molar-refractivity contribution >= 4 is 34.7 Å². The van der Waals surface area contributed by atoms with Crippen LogP contribution in [0.5, 0.6) is 0 Å². The lowest BCUT2D eigenvalue weighted by Crippen LogP contribution is -2.52. The van der Waals surface area contributed by atoms with Crippen molar-refractivity contribution in [3.8, 4) is 28.3 Å². The molecule has 5 aromatic rings. The Bertz CT molecular complexity index is 2680. The van der Waals surface area contributed by atoms with E-state index in [0.29, 0.717) is 42.8 Å². The SMILES string of the molecule is CCC1(C(=O)NC2CCOCC2)CCN(c2ccc(-c3cc(-c4cnn(C5CCC(CCN6CCC(c7ccc(NC8CCC(=O)NC8=O)cc7F)CC6)CC5)c4)cn4ncc(C#N)c34)cn2)CC1. The third kappa shape index (κ3) is 10.1. The number of anilines is 2. The minimum atomic E-state index is -0.537. The number of nitrogens with zero attached hydrogens (tertiary/aromatic N) is 8. The molecule has 5 aliphatic rings. The van der Waals surface area contributed by atoms with Crippen LogP contribution in [0.4, 0.5) is 15.9 Å². The van der Waals surface area contributed by atoms with Crippen LogP contribution in [0, 0.1) is 28.5 Å². The van der Waals surface area contributed by atoms with E-state index in [-0.39, 0.29) is 47.3 Å². The van der Waals surface area contributed by atoms with Gasteiger partial charge in [-0.05, 0) is 151 Å². The minimum Gasteiger partial charge on any atom is -0.381 e. The highest BCUT2D eigenvalue weighted by Gasteiger charge is 2.41. The van der Waals surface area contributed by atoms with Crippen LogP contribution < -0.4 is 20.9 Å². The van der Waals surface area contributed by atoms with Gasteiger partial charge in [0.2, 0.25) is 17.7 Å². The summed E-state index contributed by atoms with van der Waals surface area (Å²) >= 11 is 0. The molecule has 3 N–H and O–H groups in total. The number of hydrogen-bond acceptors (Lipinski definition) is 11. The zero-order chi connectivity index (χ0) is 47.5. The number of likely N-dealkylation sites (tertiary alicyclic amines) is 1. The summed E-state index contributed by atoms with van der Waals surface area (Å²) < 4.78 is 24.8. The highest BCUT2D eigenvalue weighted by Crippen LogP contribution is 2.40. The lowest BCUT2D eigenvalue weighted by Gasteiger charge is -2.41. The highest BCUT2D eigenvalue weighted by atomic mass is 19.1. The summed E-state index contributed by atoms with van der Waals surface area (Å²) in [6, 6.07) is 13.8. The number of ether oxygens (including phenoxy) is 1. The number of hydrogen-bond donors (Lipinski definition) is 3. The number of imide groups is 1. The van der Waals surface area contributed by atoms with Gasteiger partial charge in [-0.2, -0.15) is 15.5 Å². The predicted octanol–water partition coefficient (Wildman–Crippen LogP) is 7.78. The monoisotopic (exact) mass is 938 g/mol. The van der Waals surface area contributed by atoms with Crippen LogP contribution in [-0.2, 0) is 19.1 Å². The van der Waals surface area contributed by atoms with Gasteiger partial charge in [0, 0.05) is 85.3 Å². The molecule has 0 radical (unpaired) electrons. The molecular weight excluding hydrogens is 874 g/mol. The Kier molecular flexibility index (Phi) is 13.8. The number of nitriles is 1. The third-order valence-electron chi connectivity index (χ3n) is 16.1. The fourth-order valence-electron chi connectivity index (χ4n) is 11.6. The topological polar surface area (TPSA) is 175 Å². The molecule has 5 fully saturated rings. The number of aromatic nitrogens is 5. The van der Waals surface area contributed by atoms with Crippen molar-refractivity contribution in [2.75, 3.05) is 56.2 Å². The summed E-state index contributed by atoms with van der Waals surface area (Å²) in [6.45, 7) is 8.02. The van der Waals surface area contributed by atoms with E-state index in [9.17, 15) is 19.6 Å². The quantitative estimate of drug-likeness (QED) is 0.0984. The lowest BCUT2D eigenvalue weighted by atomic mass is 9.75. The van der Waals surface area contributed by atoms with Gasteiger partial charge in [-0.15, -0.1) is 0 Å². The fraction of sp³-hybridized carbons (Fsp3) is 0.528. The normalized spacial score (nSPS) is 22.9. The molecule has 4 aromatic heterocycles. The summed E-state index contributed by atoms with van der Waals surface area (Å²) in [4.78, 5) is 47.0. The van der Waals surface area contributed by atoms with Gasteiger partial charge in [0.25, 0.3) is 0 Å². The van der Waals surface area contributed by atoms with Crippen molar-refractivity contribution in [1.29, 1.82) is 5.26 Å². The van der Waals surface area contributed by atoms with Gasteiger partial charge in [-0.1, -0.05) is 13.0 Å². The Balaban J connectivity index is 0.718. The van der Waals surface area contributed by atoms with Crippen molar-refractivity contribution in [2.45, 2.75) is 121 Å². The first-order chi connectivity index (χ1) is 33.6. The standard InChI is InChI=1S/C53H64FN11O4/c1-2-53(52(68)60-41-16-25-69-26-17-41)18-23-63(24-19-53)48-11-5-37(30-56-48)45-27-38(33-65-50(45)39(29-55)31-58-65)40-32-57-64(34-40)43-7-3-35(4-8-43)13-20-62-21-14-36(15-22-62)44-9-6-42(28-46(44)54)59-47-10-12-49(66)61-51(47)67/h5-6,9,11,27-28,30-36,41,43,47,59H,2-4,7-8,10,12-26H2,1H3,(H,60,68)(H,61,66,67). The number of benzene rings is 1. The molecule has 0 spiro atoms. The van der Waals surface area contributed by atoms with Crippen LogP contribution in [0.25, 0.3) is 27.8 Å². The molecule has 1 aliphatic carbocycles. The second-order valence-electron chi connectivity index (χ2n) is 20.2. The van der Waals surface area contributed by atoms with Crippen LogP contribution in [0.3, 0.4) is 0 Å². The van der Waals surface area contributed by atoms with Crippen molar-refractivity contribution in [2.24, 2.45) is 11.3 Å². The van der Waals surface area contributed by atoms with Gasteiger partial charge in [0.15, 0.2) is 0 Å². The Labute approximate surface area is 403 Å². The van der Waals surface area contributed by atoms with Crippen molar-refractivity contribution in [1.82, 2.24) is 39.9 Å². The van der Waals surface area contributed by atoms with E-state index in [2.05, 4.69) is 72.9 Å². The van der Waals surface area contributed by atoms with Gasteiger partial charge in [0.05, 0.1) is 34.9 Å². The van der Waals surface area contributed by atoms with Gasteiger partial charge in [-0.3, -0.25) is 24.4 Å². The van der Waals surface area contributed by atoms with E-state index in [1.807, 2.05) is 30.7 Å². The van der Waals surface area contributed by atoms with Gasteiger partial charge >= 0.3 is 0 Å². The zero-order valence-electron chi connectivity index (χ0n) is 39.7. The number of rotatable bonds is 13. The Hall–Kier alpha value is -6.18. The summed E-state index contributed by atoms with van der Waals surface area (Å²) in [6.07, 6.45) is 21.8. The first-order valence-electron chi connectivity index (χ1n) is 25.3. The second-order valence-corrected chi connectivity index (χ2v) is 20.2. The van der Waals surface area contributed by atoms with Crippen LogP contribution >= 0.6 is 0 Å². The molecule has 362 valence electrons. The number of carbonyl (C=O) groups is 3. The van der Waals surface area contributed by atoms with Crippen molar-refractivity contribution in [3.63, 3.8) is 0 Å². The first-order valence-corrected chi connectivity index (χ1v) is 25.3. The zero-order valence-corrected chi connectivity index (χ0v) is 39.7. The van der Waals surface area contributed by atoms with Gasteiger partial charge in [0.1, 0.15) is 23.7 Å². The molecular formula is C53H64FN11O4. The average molecular weight is 938 g/mol. The molecule has 1 aromatic carbocycles. The number of pyridine rings is 2. The smallest absolute Gasteiger partial charge is 0.249 e. The van der Waals surface area contributed by atoms with Crippen LogP contribution in [0.15, 0.2) is 67.4 Å². The fourth-order valence-corrected chi connectivity index (χ4v) is 11.6. The molecule has 4 saturated heterocycles. The maximum absolute atomic E-state index is 15.3. The number of fused-ring (bicyclic) bond motifs is 1. The number of piperidine rings is 3. The summed E-state index contributed by atoms with van der Waals surface area (Å²) in [5, 5.41) is 28.3. The molecule has 0 bridgehead atoms. The molecule has 8 heterocycles. The summed E-state index contributed by atoms with van der Waals surface area (Å²) in [5.41, 5.74) is 5.92. The van der Waals surface area contributed by atoms with E-state index in [0.717, 1.165) is 149 Å². The number of amides is 3. The maximum atomic E-state index is 15.3. The third-order valence-corrected chi connectivity index (χ3v) is 16.1. The maximum Gasteiger partial charge on any atom is 0.249 e. The van der Waals surface area contributed by atoms with E-state index in [1.54, 1.807) is 10.7 Å². The highest BCUT2D eigenvalue weighted by molar-refractivity contribution is 6.01. The van der Waals surface area contributed by atoms with Crippen molar-refractivity contribution < 1.29 is 23.5 Å². The molecule has 1 saturated carbocycles. The Morgan fingerprint density at radius 3 is 2.41 bits per heavy atom. The lowest BCUT2D eigenvalue weighted by molar-refractivity contribution is -0.134. The summed E-state index contributed by atoms with van der Waals surface area (Å²) in [7, 11) is 0. The largest absolute Gasteiger partial charge is 0.381 e. The van der Waals surface area contributed by atoms with E-state index < -0.39 is 6.04 Å². The molecule has 15 nitrogen and oxygen atoms in total. The van der Waals surface area contributed by atoms with E-state index in [1.165, 1.54) is 6.07 Å². The number of nitrogens with one attached hydrogen (secondary N) is 3. The number of carbonyl (C=O) groups excluding carboxylic acids is 3. The molecule has 16 heteroatoms. The molecule has 1 atom stereocenters. The van der Waals surface area contributed by atoms with Crippen molar-refractivity contribution in [3.05, 3.63) is 84.3 Å². The molecule has 3 amide bonds. The Morgan fingerprint density at radius 2 is 1.70 bits per heavy atom. The van der Waals surface area contributed by atoms with Crippen LogP contribution in [0.2, 0.25) is 0 Å². The van der Waals surface area contributed by atoms with Gasteiger partial charge < -0.3 is 25.2 Å². The predicted molar refractivity (Wildman–Crippen MR) is 261 cm³/mol. The molecule has 4 aliphatic heterocycles. The Morgan fingerprint density at radius 1 is 0.899 bits per heavy atom. The van der Waals surface area contributed by atoms with Crippen LogP contribution in [0.1, 0.15) is 120 Å². The van der Waals surface area contributed by atoms with Gasteiger partial charge in [-0.25, -0.2) is 13.9 Å². The molecule has 1 unspecified atom stereocenters.